The molecule has 0 amide bonds. The van der Waals surface area contributed by atoms with Gasteiger partial charge in [0.2, 0.25) is 0 Å². The molecule has 1 aromatic carbocycles. The number of nitriles is 1. The van der Waals surface area contributed by atoms with Crippen LogP contribution in [0.15, 0.2) is 24.3 Å². The van der Waals surface area contributed by atoms with Crippen molar-refractivity contribution in [2.24, 2.45) is 17.8 Å². The molecular formula is C48H81N5O12S. The summed E-state index contributed by atoms with van der Waals surface area (Å²) < 4.78 is 38.1. The lowest BCUT2D eigenvalue weighted by Crippen LogP contribution is -2.60. The number of aliphatic hydroxyl groups is 5. The molecule has 17 nitrogen and oxygen atoms in total. The molecule has 0 bridgehead atoms. The predicted molar refractivity (Wildman–Crippen MR) is 253 cm³/mol. The van der Waals surface area contributed by atoms with Crippen LogP contribution in [0.1, 0.15) is 107 Å². The summed E-state index contributed by atoms with van der Waals surface area (Å²) in [6, 6.07) is 8.07. The van der Waals surface area contributed by atoms with Crippen LogP contribution >= 0.6 is 12.2 Å². The summed E-state index contributed by atoms with van der Waals surface area (Å²) in [5.41, 5.74) is -3.33. The molecule has 3 heterocycles. The number of thiocarbonyl (C=S) groups is 1. The van der Waals surface area contributed by atoms with Crippen molar-refractivity contribution in [3.8, 4) is 6.07 Å². The van der Waals surface area contributed by atoms with Crippen molar-refractivity contribution in [1.29, 1.82) is 5.26 Å². The smallest absolute Gasteiger partial charge is 0.311 e. The quantitative estimate of drug-likeness (QED) is 0.0904. The molecule has 0 saturated carbocycles. The molecule has 18 atom stereocenters. The molecule has 0 aromatic heterocycles. The molecule has 0 unspecified atom stereocenters. The monoisotopic (exact) mass is 952 g/mol. The first-order valence-electron chi connectivity index (χ1n) is 23.6. The molecule has 66 heavy (non-hydrogen) atoms. The van der Waals surface area contributed by atoms with Gasteiger partial charge in [0.25, 0.3) is 0 Å². The molecule has 0 radical (unpaired) electrons. The summed E-state index contributed by atoms with van der Waals surface area (Å²) in [7, 11) is 5.26. The molecule has 3 fully saturated rings. The number of methoxy groups -OCH3 is 1. The number of likely N-dealkylation sites (N-methyl/N-ethyl adjacent to an activating group) is 1. The molecule has 7 N–H and O–H groups in total. The molecule has 1 aromatic rings. The minimum absolute atomic E-state index is 0.104. The Hall–Kier alpha value is -2.61. The van der Waals surface area contributed by atoms with Crippen LogP contribution in [0.4, 0.5) is 5.69 Å². The number of anilines is 1. The van der Waals surface area contributed by atoms with E-state index in [1.165, 1.54) is 14.0 Å². The fraction of sp³-hybridized carbons (Fsp3) is 0.812. The van der Waals surface area contributed by atoms with Crippen LogP contribution in [-0.4, -0.2) is 178 Å². The molecule has 3 saturated heterocycles. The lowest BCUT2D eigenvalue weighted by molar-refractivity contribution is -0.318. The van der Waals surface area contributed by atoms with E-state index in [0.717, 1.165) is 5.69 Å². The van der Waals surface area contributed by atoms with E-state index in [2.05, 4.69) is 21.6 Å². The first-order chi connectivity index (χ1) is 30.8. The van der Waals surface area contributed by atoms with E-state index >= 15 is 0 Å². The Morgan fingerprint density at radius 3 is 2.24 bits per heavy atom. The average Bonchev–Trinajstić information content (AvgIpc) is 3.25. The van der Waals surface area contributed by atoms with Gasteiger partial charge in [-0.2, -0.15) is 5.26 Å². The van der Waals surface area contributed by atoms with Crippen molar-refractivity contribution >= 4 is 29.0 Å². The number of hydrogen-bond donors (Lipinski definition) is 7. The zero-order valence-corrected chi connectivity index (χ0v) is 42.3. The number of nitrogens with one attached hydrogen (secondary N) is 2. The van der Waals surface area contributed by atoms with E-state index < -0.39 is 96.0 Å². The lowest BCUT2D eigenvalue weighted by Gasteiger charge is -2.48. The Labute approximate surface area is 398 Å². The van der Waals surface area contributed by atoms with Gasteiger partial charge < -0.3 is 69.5 Å². The molecule has 376 valence electrons. The van der Waals surface area contributed by atoms with Gasteiger partial charge in [0.15, 0.2) is 17.7 Å². The second-order valence-electron chi connectivity index (χ2n) is 20.1. The molecule has 0 spiro atoms. The molecule has 3 aliphatic heterocycles. The SMILES string of the molecule is CC[C@H]1OC(=O)[C@H](C)[C@@H](O[C@H]2C[C@@](C)(OC)[C@@H](O)[C@H](C)O2)[C@H](C)[C@@H](O[C@@H]2O[C@H](C)C[C@H](N(C)C)[C@H]2O)[C@](C)(O)C[C@@H](C)CN(CCCNC(=S)Nc2ccc(C#N)cc2)[C@H](C)[C@@H](O)[C@]1(C)O. The van der Waals surface area contributed by atoms with Crippen LogP contribution in [0.2, 0.25) is 0 Å². The standard InChI is InChI=1S/C48H81N5O12S/c1-14-36-48(10,59)40(55)31(6)53(21-15-20-50-45(66)51-34-18-16-33(25-49)17-19-34)26-27(2)23-46(8,58)42(65-44-38(54)35(52(11)12)22-28(3)61-44)29(4)39(30(5)43(57)63-36)64-37-24-47(9,60-13)41(56)32(7)62-37/h16-19,27-32,35-42,44,54-56,58-59H,14-15,20-24,26H2,1-13H3,(H2,50,51,66)/t27-,28-,29+,30-,31-,32+,35+,36-,37+,38-,39+,40-,41+,42-,44+,46-,47-,48-/m1/s1. The number of hydrogen-bond acceptors (Lipinski definition) is 16. The van der Waals surface area contributed by atoms with E-state index in [1.807, 2.05) is 46.7 Å². The second kappa shape index (κ2) is 23.8. The lowest BCUT2D eigenvalue weighted by atomic mass is 9.77. The number of esters is 1. The third-order valence-electron chi connectivity index (χ3n) is 14.2. The third-order valence-corrected chi connectivity index (χ3v) is 14.5. The van der Waals surface area contributed by atoms with Gasteiger partial charge in [0.1, 0.15) is 30.0 Å². The number of nitrogens with zero attached hydrogens (tertiary/aromatic N) is 3. The number of cyclic esters (lactones) is 1. The fourth-order valence-electron chi connectivity index (χ4n) is 10.2. The summed E-state index contributed by atoms with van der Waals surface area (Å²) in [5, 5.41) is 75.8. The second-order valence-corrected chi connectivity index (χ2v) is 20.6. The highest BCUT2D eigenvalue weighted by Gasteiger charge is 2.53. The zero-order chi connectivity index (χ0) is 49.5. The van der Waals surface area contributed by atoms with Crippen LogP contribution in [-0.2, 0) is 33.2 Å². The summed E-state index contributed by atoms with van der Waals surface area (Å²) >= 11 is 5.54. The molecular weight excluding hydrogens is 871 g/mol. The van der Waals surface area contributed by atoms with Gasteiger partial charge in [-0.15, -0.1) is 0 Å². The van der Waals surface area contributed by atoms with Gasteiger partial charge >= 0.3 is 5.97 Å². The molecule has 3 aliphatic rings. The number of aliphatic hydroxyl groups excluding tert-OH is 3. The van der Waals surface area contributed by atoms with E-state index in [-0.39, 0.29) is 37.3 Å². The van der Waals surface area contributed by atoms with E-state index in [9.17, 15) is 30.3 Å². The van der Waals surface area contributed by atoms with Crippen molar-refractivity contribution in [3.63, 3.8) is 0 Å². The Balaban J connectivity index is 1.73. The summed E-state index contributed by atoms with van der Waals surface area (Å²) in [6.07, 6.45) is -8.34. The number of rotatable bonds is 12. The van der Waals surface area contributed by atoms with Crippen LogP contribution in [0.25, 0.3) is 0 Å². The van der Waals surface area contributed by atoms with Gasteiger partial charge in [-0.3, -0.25) is 9.69 Å². The highest BCUT2D eigenvalue weighted by atomic mass is 32.1. The van der Waals surface area contributed by atoms with Crippen LogP contribution in [0.5, 0.6) is 0 Å². The third kappa shape index (κ3) is 13.8. The maximum atomic E-state index is 14.5. The van der Waals surface area contributed by atoms with Crippen LogP contribution in [0, 0.1) is 29.1 Å². The van der Waals surface area contributed by atoms with Gasteiger partial charge in [0.05, 0.1) is 53.2 Å². The number of ether oxygens (including phenoxy) is 6. The summed E-state index contributed by atoms with van der Waals surface area (Å²) in [4.78, 5) is 18.5. The predicted octanol–water partition coefficient (Wildman–Crippen LogP) is 3.52. The average molecular weight is 952 g/mol. The first-order valence-corrected chi connectivity index (χ1v) is 24.0. The van der Waals surface area contributed by atoms with Crippen molar-refractivity contribution in [3.05, 3.63) is 29.8 Å². The summed E-state index contributed by atoms with van der Waals surface area (Å²) in [6.45, 7) is 18.9. The molecule has 18 heteroatoms. The van der Waals surface area contributed by atoms with Gasteiger partial charge in [-0.25, -0.2) is 0 Å². The Morgan fingerprint density at radius 1 is 1.00 bits per heavy atom. The van der Waals surface area contributed by atoms with Crippen molar-refractivity contribution < 1.29 is 58.7 Å². The Bertz CT molecular complexity index is 1750. The minimum Gasteiger partial charge on any atom is -0.459 e. The minimum atomic E-state index is -1.90. The van der Waals surface area contributed by atoms with Gasteiger partial charge in [-0.05, 0) is 131 Å². The normalized spacial score (nSPS) is 41.2. The van der Waals surface area contributed by atoms with E-state index in [0.29, 0.717) is 43.2 Å². The van der Waals surface area contributed by atoms with Crippen LogP contribution < -0.4 is 10.6 Å². The van der Waals surface area contributed by atoms with Crippen LogP contribution in [0.3, 0.4) is 0 Å². The fourth-order valence-corrected chi connectivity index (χ4v) is 10.4. The van der Waals surface area contributed by atoms with Crippen molar-refractivity contribution in [1.82, 2.24) is 15.1 Å². The summed E-state index contributed by atoms with van der Waals surface area (Å²) in [5.74, 6) is -2.83. The first kappa shape index (κ1) is 56.0. The highest BCUT2D eigenvalue weighted by Crippen LogP contribution is 2.40. The van der Waals surface area contributed by atoms with Gasteiger partial charge in [-0.1, -0.05) is 20.8 Å². The largest absolute Gasteiger partial charge is 0.459 e. The highest BCUT2D eigenvalue weighted by molar-refractivity contribution is 7.80. The van der Waals surface area contributed by atoms with Crippen molar-refractivity contribution in [2.75, 3.05) is 46.2 Å². The Kier molecular flexibility index (Phi) is 20.2. The maximum absolute atomic E-state index is 14.5. The number of carbonyl (C=O) groups excluding carboxylic acids is 1. The number of carbonyl (C=O) groups is 1. The van der Waals surface area contributed by atoms with Crippen molar-refractivity contribution in [2.45, 2.75) is 192 Å². The Morgan fingerprint density at radius 2 is 1.65 bits per heavy atom. The molecule has 4 rings (SSSR count). The zero-order valence-electron chi connectivity index (χ0n) is 41.5. The topological polar surface area (TPSA) is 228 Å². The maximum Gasteiger partial charge on any atom is 0.311 e. The number of benzene rings is 1. The van der Waals surface area contributed by atoms with E-state index in [1.54, 1.807) is 58.9 Å². The van der Waals surface area contributed by atoms with E-state index in [4.69, 9.17) is 45.9 Å². The van der Waals surface area contributed by atoms with Gasteiger partial charge in [0, 0.05) is 56.9 Å². The molecule has 0 aliphatic carbocycles.